The normalized spacial score (nSPS) is 12.6. The second-order valence-electron chi connectivity index (χ2n) is 4.53. The fourth-order valence-electron chi connectivity index (χ4n) is 2.34. The number of fused-ring (bicyclic) bond motifs is 3. The maximum absolute atomic E-state index is 12.2. The molecular weight excluding hydrogens is 290 g/mol. The lowest BCUT2D eigenvalue weighted by Crippen LogP contribution is -2.36. The zero-order valence-electron chi connectivity index (χ0n) is 11.5. The minimum absolute atomic E-state index is 0.100. The molecule has 1 heterocycles. The zero-order valence-corrected chi connectivity index (χ0v) is 11.5. The second-order valence-corrected chi connectivity index (χ2v) is 4.53. The largest absolute Gasteiger partial charge is 0.449 e. The number of Topliss-reactive ketones (excluding diaryl/α,β-unsaturated/α-hetero) is 2. The molecule has 22 heavy (non-hydrogen) atoms. The van der Waals surface area contributed by atoms with Gasteiger partial charge in [-0.15, -0.1) is 0 Å². The van der Waals surface area contributed by atoms with Crippen molar-refractivity contribution in [1.82, 2.24) is 9.66 Å². The van der Waals surface area contributed by atoms with E-state index in [4.69, 9.17) is 0 Å². The first-order chi connectivity index (χ1) is 10.5. The summed E-state index contributed by atoms with van der Waals surface area (Å²) in [5.41, 5.74) is 2.04. The molecule has 3 rings (SSSR count). The van der Waals surface area contributed by atoms with Crippen LogP contribution in [0, 0.1) is 0 Å². The first-order valence-electron chi connectivity index (χ1n) is 6.51. The van der Waals surface area contributed by atoms with E-state index in [1.54, 1.807) is 25.1 Å². The van der Waals surface area contributed by atoms with E-state index in [0.29, 0.717) is 10.2 Å². The summed E-state index contributed by atoms with van der Waals surface area (Å²) in [6, 6.07) is 6.43. The van der Waals surface area contributed by atoms with E-state index in [9.17, 15) is 19.2 Å². The number of nitrogens with zero attached hydrogens (tertiary/aromatic N) is 1. The number of aromatic amines is 1. The molecule has 1 aliphatic carbocycles. The summed E-state index contributed by atoms with van der Waals surface area (Å²) in [5.74, 6) is -1.61. The predicted octanol–water partition coefficient (Wildman–Crippen LogP) is 0.922. The summed E-state index contributed by atoms with van der Waals surface area (Å²) in [6.07, 6.45) is -0.898. The fraction of sp³-hybridized carbons (Fsp3) is 0.143. The van der Waals surface area contributed by atoms with Gasteiger partial charge in [0.1, 0.15) is 5.69 Å². The van der Waals surface area contributed by atoms with E-state index in [1.807, 2.05) is 0 Å². The summed E-state index contributed by atoms with van der Waals surface area (Å²) in [7, 11) is 0. The van der Waals surface area contributed by atoms with Crippen molar-refractivity contribution in [2.24, 2.45) is 0 Å². The number of hydrogen-bond acceptors (Lipinski definition) is 5. The van der Waals surface area contributed by atoms with E-state index in [0.717, 1.165) is 0 Å². The van der Waals surface area contributed by atoms with E-state index in [-0.39, 0.29) is 23.6 Å². The Morgan fingerprint density at radius 2 is 1.86 bits per heavy atom. The number of hydrogen-bond donors (Lipinski definition) is 2. The van der Waals surface area contributed by atoms with Gasteiger partial charge >= 0.3 is 11.8 Å². The number of aromatic nitrogens is 2. The molecular formula is C14H11N3O5. The van der Waals surface area contributed by atoms with Gasteiger partial charge in [-0.05, 0) is 6.92 Å². The topological polar surface area (TPSA) is 110 Å². The summed E-state index contributed by atoms with van der Waals surface area (Å²) >= 11 is 0. The third kappa shape index (κ3) is 1.93. The lowest BCUT2D eigenvalue weighted by atomic mass is 9.90. The van der Waals surface area contributed by atoms with Gasteiger partial charge < -0.3 is 9.72 Å². The number of H-pyrrole nitrogens is 1. The highest BCUT2D eigenvalue weighted by Crippen LogP contribution is 2.30. The molecule has 0 aliphatic heterocycles. The Balaban J connectivity index is 2.18. The Labute approximate surface area is 123 Å². The Hall–Kier alpha value is -3.16. The quantitative estimate of drug-likeness (QED) is 0.801. The predicted molar refractivity (Wildman–Crippen MR) is 75.5 cm³/mol. The number of amides is 1. The Morgan fingerprint density at radius 1 is 1.18 bits per heavy atom. The van der Waals surface area contributed by atoms with Crippen LogP contribution in [0.25, 0.3) is 11.3 Å². The fourth-order valence-corrected chi connectivity index (χ4v) is 2.34. The van der Waals surface area contributed by atoms with Gasteiger partial charge in [0, 0.05) is 11.1 Å². The zero-order chi connectivity index (χ0) is 15.9. The monoisotopic (exact) mass is 301 g/mol. The average molecular weight is 301 g/mol. The van der Waals surface area contributed by atoms with Crippen LogP contribution in [0.5, 0.6) is 0 Å². The molecule has 0 unspecified atom stereocenters. The maximum Gasteiger partial charge on any atom is 0.426 e. The van der Waals surface area contributed by atoms with Crippen molar-refractivity contribution in [2.75, 3.05) is 12.0 Å². The molecule has 8 nitrogen and oxygen atoms in total. The summed E-state index contributed by atoms with van der Waals surface area (Å²) < 4.78 is 5.37. The van der Waals surface area contributed by atoms with Gasteiger partial charge in [0.25, 0.3) is 5.78 Å². The summed E-state index contributed by atoms with van der Waals surface area (Å²) in [6.45, 7) is 1.70. The minimum atomic E-state index is -0.898. The van der Waals surface area contributed by atoms with Gasteiger partial charge in [-0.2, -0.15) is 4.68 Å². The van der Waals surface area contributed by atoms with Crippen molar-refractivity contribution < 1.29 is 19.1 Å². The maximum atomic E-state index is 12.2. The summed E-state index contributed by atoms with van der Waals surface area (Å²) in [5, 5.41) is 0. The van der Waals surface area contributed by atoms with E-state index in [1.165, 1.54) is 6.07 Å². The standard InChI is InChI=1S/C14H11N3O5/c1-2-22-14(21)16-17-10-9(15-13(17)20)7-5-3-4-6-8(7)11(18)12(10)19/h3-6H,2H2,1H3,(H,15,20)(H,16,21). The van der Waals surface area contributed by atoms with Gasteiger partial charge in [-0.25, -0.2) is 15.0 Å². The number of ether oxygens (including phenoxy) is 1. The highest BCUT2D eigenvalue weighted by atomic mass is 16.6. The van der Waals surface area contributed by atoms with Gasteiger partial charge in [0.15, 0.2) is 0 Å². The number of rotatable bonds is 2. The molecule has 0 atom stereocenters. The van der Waals surface area contributed by atoms with Crippen LogP contribution < -0.4 is 11.1 Å². The van der Waals surface area contributed by atoms with Crippen LogP contribution in [0.1, 0.15) is 27.8 Å². The van der Waals surface area contributed by atoms with Crippen LogP contribution in [-0.4, -0.2) is 33.9 Å². The Bertz CT molecular complexity index is 862. The highest BCUT2D eigenvalue weighted by molar-refractivity contribution is 6.52. The first-order valence-corrected chi connectivity index (χ1v) is 6.51. The van der Waals surface area contributed by atoms with Crippen molar-refractivity contribution in [2.45, 2.75) is 6.92 Å². The smallest absolute Gasteiger partial charge is 0.426 e. The molecule has 0 fully saturated rings. The molecule has 2 aromatic rings. The molecule has 8 heteroatoms. The molecule has 0 spiro atoms. The number of carbonyl (C=O) groups excluding carboxylic acids is 3. The van der Waals surface area contributed by atoms with E-state index >= 15 is 0 Å². The van der Waals surface area contributed by atoms with Crippen LogP contribution in [0.3, 0.4) is 0 Å². The molecule has 1 aromatic heterocycles. The van der Waals surface area contributed by atoms with Crippen molar-refractivity contribution >= 4 is 17.7 Å². The molecule has 1 aliphatic rings. The third-order valence-corrected chi connectivity index (χ3v) is 3.24. The van der Waals surface area contributed by atoms with Gasteiger partial charge in [0.05, 0.1) is 12.3 Å². The molecule has 0 bridgehead atoms. The molecule has 0 radical (unpaired) electrons. The number of imidazole rings is 1. The average Bonchev–Trinajstić information content (AvgIpc) is 2.82. The van der Waals surface area contributed by atoms with E-state index < -0.39 is 23.3 Å². The van der Waals surface area contributed by atoms with Crippen molar-refractivity contribution in [3.05, 3.63) is 46.0 Å². The first kappa shape index (κ1) is 13.8. The highest BCUT2D eigenvalue weighted by Gasteiger charge is 2.35. The second kappa shape index (κ2) is 4.99. The number of carbonyl (C=O) groups is 3. The summed E-state index contributed by atoms with van der Waals surface area (Å²) in [4.78, 5) is 50.3. The molecule has 0 saturated heterocycles. The lowest BCUT2D eigenvalue weighted by Gasteiger charge is -2.15. The number of ketones is 2. The van der Waals surface area contributed by atoms with Crippen LogP contribution in [0.2, 0.25) is 0 Å². The van der Waals surface area contributed by atoms with Gasteiger partial charge in [-0.3, -0.25) is 9.59 Å². The van der Waals surface area contributed by atoms with Gasteiger partial charge in [0.2, 0.25) is 5.78 Å². The molecule has 1 amide bonds. The lowest BCUT2D eigenvalue weighted by molar-refractivity contribution is 0.0810. The third-order valence-electron chi connectivity index (χ3n) is 3.24. The van der Waals surface area contributed by atoms with Crippen molar-refractivity contribution in [3.8, 4) is 11.3 Å². The Kier molecular flexibility index (Phi) is 3.13. The SMILES string of the molecule is CCOC(=O)Nn1c2c([nH]c1=O)-c1ccccc1C(=O)C2=O. The van der Waals surface area contributed by atoms with E-state index in [2.05, 4.69) is 15.1 Å². The minimum Gasteiger partial charge on any atom is -0.449 e. The molecule has 2 N–H and O–H groups in total. The number of nitrogens with one attached hydrogen (secondary N) is 2. The van der Waals surface area contributed by atoms with Crippen molar-refractivity contribution in [3.63, 3.8) is 0 Å². The van der Waals surface area contributed by atoms with Crippen LogP contribution in [0.4, 0.5) is 4.79 Å². The molecule has 0 saturated carbocycles. The van der Waals surface area contributed by atoms with Crippen LogP contribution in [-0.2, 0) is 4.74 Å². The van der Waals surface area contributed by atoms with Crippen LogP contribution in [0.15, 0.2) is 29.1 Å². The Morgan fingerprint density at radius 3 is 2.55 bits per heavy atom. The van der Waals surface area contributed by atoms with Crippen LogP contribution >= 0.6 is 0 Å². The van der Waals surface area contributed by atoms with Gasteiger partial charge in [-0.1, -0.05) is 24.3 Å². The molecule has 1 aromatic carbocycles. The van der Waals surface area contributed by atoms with Crippen molar-refractivity contribution in [1.29, 1.82) is 0 Å². The molecule has 112 valence electrons. The number of benzene rings is 1.